The molecule has 1 aromatic heterocycles. The highest BCUT2D eigenvalue weighted by molar-refractivity contribution is 5.21. The van der Waals surface area contributed by atoms with Gasteiger partial charge in [-0.2, -0.15) is 0 Å². The van der Waals surface area contributed by atoms with E-state index in [1.807, 2.05) is 18.2 Å². The fourth-order valence-corrected chi connectivity index (χ4v) is 2.14. The fraction of sp³-hybridized carbons (Fsp3) is 0.333. The molecular formula is C15H20N2. The normalized spacial score (nSPS) is 12.6. The van der Waals surface area contributed by atoms with Crippen LogP contribution in [0.2, 0.25) is 0 Å². The number of aromatic nitrogens is 1. The van der Waals surface area contributed by atoms with E-state index in [0.29, 0.717) is 0 Å². The van der Waals surface area contributed by atoms with Gasteiger partial charge >= 0.3 is 0 Å². The minimum absolute atomic E-state index is 0.0849. The van der Waals surface area contributed by atoms with Crippen LogP contribution >= 0.6 is 0 Å². The number of hydrogen-bond acceptors (Lipinski definition) is 1. The van der Waals surface area contributed by atoms with Crippen LogP contribution in [0.5, 0.6) is 0 Å². The first-order chi connectivity index (χ1) is 8.31. The first-order valence-electron chi connectivity index (χ1n) is 6.25. The van der Waals surface area contributed by atoms with E-state index in [2.05, 4.69) is 42.0 Å². The molecular weight excluding hydrogens is 208 g/mol. The SMILES string of the molecule is CCCn1cccc1CC(N)c1ccccc1. The molecule has 17 heavy (non-hydrogen) atoms. The second-order valence-electron chi connectivity index (χ2n) is 4.41. The number of aryl methyl sites for hydroxylation is 1. The molecule has 2 N–H and O–H groups in total. The van der Waals surface area contributed by atoms with Crippen LogP contribution in [0.3, 0.4) is 0 Å². The fourth-order valence-electron chi connectivity index (χ4n) is 2.14. The van der Waals surface area contributed by atoms with Crippen LogP contribution in [-0.2, 0) is 13.0 Å². The van der Waals surface area contributed by atoms with E-state index in [1.54, 1.807) is 0 Å². The van der Waals surface area contributed by atoms with E-state index in [4.69, 9.17) is 5.73 Å². The van der Waals surface area contributed by atoms with Gasteiger partial charge in [0.1, 0.15) is 0 Å². The zero-order valence-corrected chi connectivity index (χ0v) is 10.3. The van der Waals surface area contributed by atoms with Crippen LogP contribution in [-0.4, -0.2) is 4.57 Å². The number of rotatable bonds is 5. The van der Waals surface area contributed by atoms with Crippen molar-refractivity contribution in [3.63, 3.8) is 0 Å². The lowest BCUT2D eigenvalue weighted by Gasteiger charge is -2.14. The Morgan fingerprint density at radius 1 is 1.12 bits per heavy atom. The van der Waals surface area contributed by atoms with Crippen LogP contribution in [0.15, 0.2) is 48.7 Å². The quantitative estimate of drug-likeness (QED) is 0.837. The molecule has 0 aliphatic heterocycles. The van der Waals surface area contributed by atoms with Crippen molar-refractivity contribution in [2.24, 2.45) is 5.73 Å². The lowest BCUT2D eigenvalue weighted by atomic mass is 10.0. The summed E-state index contributed by atoms with van der Waals surface area (Å²) in [6, 6.07) is 14.6. The summed E-state index contributed by atoms with van der Waals surface area (Å²) in [5, 5.41) is 0. The van der Waals surface area contributed by atoms with Gasteiger partial charge in [-0.1, -0.05) is 37.3 Å². The first kappa shape index (κ1) is 11.9. The van der Waals surface area contributed by atoms with Gasteiger partial charge in [0.05, 0.1) is 0 Å². The second-order valence-corrected chi connectivity index (χ2v) is 4.41. The van der Waals surface area contributed by atoms with Gasteiger partial charge < -0.3 is 10.3 Å². The molecule has 0 amide bonds. The molecule has 1 aromatic carbocycles. The smallest absolute Gasteiger partial charge is 0.0350 e. The summed E-state index contributed by atoms with van der Waals surface area (Å²) >= 11 is 0. The molecule has 0 aliphatic carbocycles. The molecule has 1 heterocycles. The molecule has 0 bridgehead atoms. The number of nitrogens with two attached hydrogens (primary N) is 1. The molecule has 0 saturated heterocycles. The number of hydrogen-bond donors (Lipinski definition) is 1. The van der Waals surface area contributed by atoms with Crippen molar-refractivity contribution >= 4 is 0 Å². The van der Waals surface area contributed by atoms with Crippen LogP contribution in [0.4, 0.5) is 0 Å². The van der Waals surface area contributed by atoms with Gasteiger partial charge in [0, 0.05) is 30.9 Å². The third-order valence-corrected chi connectivity index (χ3v) is 3.04. The van der Waals surface area contributed by atoms with Crippen molar-refractivity contribution < 1.29 is 0 Å². The van der Waals surface area contributed by atoms with E-state index in [9.17, 15) is 0 Å². The summed E-state index contributed by atoms with van der Waals surface area (Å²) in [5.74, 6) is 0. The van der Waals surface area contributed by atoms with Crippen molar-refractivity contribution in [1.29, 1.82) is 0 Å². The van der Waals surface area contributed by atoms with E-state index in [-0.39, 0.29) is 6.04 Å². The van der Waals surface area contributed by atoms with Gasteiger partial charge in [-0.3, -0.25) is 0 Å². The summed E-state index contributed by atoms with van der Waals surface area (Å²) in [5.41, 5.74) is 8.77. The summed E-state index contributed by atoms with van der Waals surface area (Å²) in [4.78, 5) is 0. The summed E-state index contributed by atoms with van der Waals surface area (Å²) < 4.78 is 2.29. The van der Waals surface area contributed by atoms with Crippen molar-refractivity contribution in [1.82, 2.24) is 4.57 Å². The lowest BCUT2D eigenvalue weighted by Crippen LogP contribution is -2.15. The topological polar surface area (TPSA) is 30.9 Å². The molecule has 1 atom stereocenters. The minimum Gasteiger partial charge on any atom is -0.351 e. The molecule has 2 heteroatoms. The lowest BCUT2D eigenvalue weighted by molar-refractivity contribution is 0.612. The van der Waals surface area contributed by atoms with Gasteiger partial charge in [-0.05, 0) is 24.1 Å². The summed E-state index contributed by atoms with van der Waals surface area (Å²) in [6.07, 6.45) is 4.19. The van der Waals surface area contributed by atoms with Crippen LogP contribution in [0, 0.1) is 0 Å². The molecule has 0 saturated carbocycles. The molecule has 0 aliphatic rings. The second kappa shape index (κ2) is 5.69. The molecule has 0 fully saturated rings. The first-order valence-corrected chi connectivity index (χ1v) is 6.25. The molecule has 2 aromatic rings. The largest absolute Gasteiger partial charge is 0.351 e. The molecule has 90 valence electrons. The van der Waals surface area contributed by atoms with Crippen molar-refractivity contribution in [3.05, 3.63) is 59.9 Å². The minimum atomic E-state index is 0.0849. The Kier molecular flexibility index (Phi) is 3.99. The zero-order chi connectivity index (χ0) is 12.1. The molecule has 2 rings (SSSR count). The van der Waals surface area contributed by atoms with Gasteiger partial charge in [0.25, 0.3) is 0 Å². The molecule has 2 nitrogen and oxygen atoms in total. The van der Waals surface area contributed by atoms with E-state index in [0.717, 1.165) is 19.4 Å². The van der Waals surface area contributed by atoms with Crippen LogP contribution in [0.1, 0.15) is 30.6 Å². The Morgan fingerprint density at radius 2 is 1.88 bits per heavy atom. The maximum atomic E-state index is 6.24. The van der Waals surface area contributed by atoms with Crippen LogP contribution in [0.25, 0.3) is 0 Å². The van der Waals surface area contributed by atoms with Crippen molar-refractivity contribution in [3.8, 4) is 0 Å². The monoisotopic (exact) mass is 228 g/mol. The van der Waals surface area contributed by atoms with Crippen molar-refractivity contribution in [2.45, 2.75) is 32.4 Å². The number of nitrogens with zero attached hydrogens (tertiary/aromatic N) is 1. The third kappa shape index (κ3) is 2.98. The maximum Gasteiger partial charge on any atom is 0.0350 e. The van der Waals surface area contributed by atoms with Gasteiger partial charge in [0.2, 0.25) is 0 Å². The summed E-state index contributed by atoms with van der Waals surface area (Å²) in [6.45, 7) is 3.27. The zero-order valence-electron chi connectivity index (χ0n) is 10.3. The predicted octanol–water partition coefficient (Wildman–Crippen LogP) is 3.14. The van der Waals surface area contributed by atoms with Gasteiger partial charge in [-0.15, -0.1) is 0 Å². The Hall–Kier alpha value is -1.54. The van der Waals surface area contributed by atoms with E-state index >= 15 is 0 Å². The average molecular weight is 228 g/mol. The Balaban J connectivity index is 2.08. The highest BCUT2D eigenvalue weighted by atomic mass is 15.0. The molecule has 0 radical (unpaired) electrons. The van der Waals surface area contributed by atoms with Crippen molar-refractivity contribution in [2.75, 3.05) is 0 Å². The maximum absolute atomic E-state index is 6.24. The highest BCUT2D eigenvalue weighted by Crippen LogP contribution is 2.16. The third-order valence-electron chi connectivity index (χ3n) is 3.04. The van der Waals surface area contributed by atoms with E-state index < -0.39 is 0 Å². The summed E-state index contributed by atoms with van der Waals surface area (Å²) in [7, 11) is 0. The Morgan fingerprint density at radius 3 is 2.59 bits per heavy atom. The highest BCUT2D eigenvalue weighted by Gasteiger charge is 2.09. The average Bonchev–Trinajstić information content (AvgIpc) is 2.78. The number of benzene rings is 1. The Labute approximate surface area is 103 Å². The standard InChI is InChI=1S/C15H20N2/c1-2-10-17-11-6-9-14(17)12-15(16)13-7-4-3-5-8-13/h3-9,11,15H,2,10,12,16H2,1H3. The molecule has 1 unspecified atom stereocenters. The molecule has 0 spiro atoms. The van der Waals surface area contributed by atoms with Gasteiger partial charge in [0.15, 0.2) is 0 Å². The van der Waals surface area contributed by atoms with Crippen LogP contribution < -0.4 is 5.73 Å². The van der Waals surface area contributed by atoms with E-state index in [1.165, 1.54) is 11.3 Å². The Bertz CT molecular complexity index is 445. The predicted molar refractivity (Wildman–Crippen MR) is 71.8 cm³/mol. The van der Waals surface area contributed by atoms with Gasteiger partial charge in [-0.25, -0.2) is 0 Å².